The van der Waals surface area contributed by atoms with E-state index in [-0.39, 0.29) is 12.7 Å². The molecule has 0 radical (unpaired) electrons. The zero-order chi connectivity index (χ0) is 23.0. The quantitative estimate of drug-likeness (QED) is 0.211. The Hall–Kier alpha value is -2.17. The maximum absolute atomic E-state index is 10.8. The monoisotopic (exact) mass is 440 g/mol. The summed E-state index contributed by atoms with van der Waals surface area (Å²) in [6, 6.07) is 17.2. The number of ether oxygens (including phenoxy) is 2. The number of aryl methyl sites for hydroxylation is 2. The van der Waals surface area contributed by atoms with Crippen LogP contribution in [0, 0.1) is 0 Å². The van der Waals surface area contributed by atoms with Crippen molar-refractivity contribution in [2.24, 2.45) is 0 Å². The molecule has 32 heavy (non-hydrogen) atoms. The highest BCUT2D eigenvalue weighted by Crippen LogP contribution is 2.16. The molecule has 0 aromatic heterocycles. The van der Waals surface area contributed by atoms with Gasteiger partial charge in [0.2, 0.25) is 0 Å². The van der Waals surface area contributed by atoms with E-state index in [0.29, 0.717) is 26.1 Å². The van der Waals surface area contributed by atoms with Crippen molar-refractivity contribution in [3.63, 3.8) is 0 Å². The molecule has 1 N–H and O–H groups in total. The topological polar surface area (TPSA) is 55.8 Å². The van der Waals surface area contributed by atoms with E-state index in [0.717, 1.165) is 30.4 Å². The lowest BCUT2D eigenvalue weighted by Crippen LogP contribution is -2.17. The van der Waals surface area contributed by atoms with Gasteiger partial charge in [-0.15, -0.1) is 0 Å². The Morgan fingerprint density at radius 2 is 1.16 bits per heavy atom. The largest absolute Gasteiger partial charge is 0.481 e. The molecule has 4 heteroatoms. The minimum absolute atomic E-state index is 0.186. The minimum atomic E-state index is -0.755. The molecule has 0 saturated heterocycles. The molecule has 0 saturated carbocycles. The number of carboxylic acids is 1. The van der Waals surface area contributed by atoms with Gasteiger partial charge in [0.05, 0.1) is 13.2 Å². The van der Waals surface area contributed by atoms with Crippen molar-refractivity contribution < 1.29 is 19.4 Å². The molecule has 2 aromatic carbocycles. The van der Waals surface area contributed by atoms with Crippen LogP contribution in [0.1, 0.15) is 87.5 Å². The van der Waals surface area contributed by atoms with Crippen molar-refractivity contribution in [1.82, 2.24) is 0 Å². The van der Waals surface area contributed by atoms with E-state index in [1.54, 1.807) is 0 Å². The van der Waals surface area contributed by atoms with E-state index in [2.05, 4.69) is 62.4 Å². The second-order valence-corrected chi connectivity index (χ2v) is 8.53. The highest BCUT2D eigenvalue weighted by atomic mass is 16.7. The first-order valence-electron chi connectivity index (χ1n) is 12.2. The van der Waals surface area contributed by atoms with Crippen molar-refractivity contribution in [3.8, 4) is 0 Å². The molecule has 0 aliphatic rings. The molecule has 4 nitrogen and oxygen atoms in total. The normalized spacial score (nSPS) is 11.2. The average molecular weight is 441 g/mol. The summed E-state index contributed by atoms with van der Waals surface area (Å²) in [4.78, 5) is 10.8. The molecule has 2 rings (SSSR count). The summed E-state index contributed by atoms with van der Waals surface area (Å²) in [6.45, 7) is 5.40. The van der Waals surface area contributed by atoms with E-state index in [4.69, 9.17) is 14.6 Å². The fourth-order valence-corrected chi connectivity index (χ4v) is 3.55. The SMILES string of the molecule is CCCCc1ccc(COC(CCCCC(=O)O)OCc2ccc(CCCC)cc2)cc1. The maximum atomic E-state index is 10.8. The lowest BCUT2D eigenvalue weighted by atomic mass is 10.1. The fraction of sp³-hybridized carbons (Fsp3) is 0.536. The van der Waals surface area contributed by atoms with E-state index in [1.807, 2.05) is 0 Å². The van der Waals surface area contributed by atoms with Gasteiger partial charge in [-0.3, -0.25) is 4.79 Å². The number of unbranched alkanes of at least 4 members (excludes halogenated alkanes) is 3. The zero-order valence-electron chi connectivity index (χ0n) is 19.9. The smallest absolute Gasteiger partial charge is 0.303 e. The molecule has 176 valence electrons. The van der Waals surface area contributed by atoms with Gasteiger partial charge in [0.15, 0.2) is 6.29 Å². The second-order valence-electron chi connectivity index (χ2n) is 8.53. The summed E-state index contributed by atoms with van der Waals surface area (Å²) < 4.78 is 12.2. The molecule has 0 aliphatic carbocycles. The van der Waals surface area contributed by atoms with Crippen molar-refractivity contribution in [2.45, 2.75) is 97.6 Å². The van der Waals surface area contributed by atoms with Crippen LogP contribution in [0.25, 0.3) is 0 Å². The predicted octanol–water partition coefficient (Wildman–Crippen LogP) is 7.08. The van der Waals surface area contributed by atoms with Crippen LogP contribution in [-0.2, 0) is 40.3 Å². The standard InChI is InChI=1S/C28H40O4/c1-3-5-9-23-13-17-25(18-14-23)21-31-28(12-8-7-11-27(29)30)32-22-26-19-15-24(16-20-26)10-6-4-2/h13-20,28H,3-12,21-22H2,1-2H3,(H,29,30). The molecule has 0 amide bonds. The summed E-state index contributed by atoms with van der Waals surface area (Å²) in [5.41, 5.74) is 4.98. The van der Waals surface area contributed by atoms with Gasteiger partial charge in [-0.25, -0.2) is 0 Å². The van der Waals surface area contributed by atoms with Crippen molar-refractivity contribution in [1.29, 1.82) is 0 Å². The minimum Gasteiger partial charge on any atom is -0.481 e. The molecule has 0 fully saturated rings. The highest BCUT2D eigenvalue weighted by Gasteiger charge is 2.11. The van der Waals surface area contributed by atoms with Gasteiger partial charge < -0.3 is 14.6 Å². The zero-order valence-corrected chi connectivity index (χ0v) is 19.9. The van der Waals surface area contributed by atoms with Crippen LogP contribution in [-0.4, -0.2) is 17.4 Å². The Balaban J connectivity index is 1.86. The van der Waals surface area contributed by atoms with Crippen LogP contribution < -0.4 is 0 Å². The number of aliphatic carboxylic acids is 1. The maximum Gasteiger partial charge on any atom is 0.303 e. The third-order valence-electron chi connectivity index (χ3n) is 5.64. The summed E-state index contributed by atoms with van der Waals surface area (Å²) >= 11 is 0. The van der Waals surface area contributed by atoms with Crippen LogP contribution in [0.15, 0.2) is 48.5 Å². The van der Waals surface area contributed by atoms with E-state index < -0.39 is 5.97 Å². The molecular formula is C28H40O4. The van der Waals surface area contributed by atoms with Gasteiger partial charge >= 0.3 is 5.97 Å². The van der Waals surface area contributed by atoms with Crippen LogP contribution in [0.5, 0.6) is 0 Å². The van der Waals surface area contributed by atoms with Crippen molar-refractivity contribution in [2.75, 3.05) is 0 Å². The number of carboxylic acid groups (broad SMARTS) is 1. The molecule has 0 atom stereocenters. The van der Waals surface area contributed by atoms with Crippen LogP contribution in [0.3, 0.4) is 0 Å². The van der Waals surface area contributed by atoms with Gasteiger partial charge in [-0.05, 0) is 67.2 Å². The molecular weight excluding hydrogens is 400 g/mol. The van der Waals surface area contributed by atoms with E-state index >= 15 is 0 Å². The first kappa shape index (κ1) is 26.1. The molecule has 0 unspecified atom stereocenters. The number of hydrogen-bond acceptors (Lipinski definition) is 3. The Kier molecular flexibility index (Phi) is 12.7. The molecule has 0 heterocycles. The third kappa shape index (κ3) is 10.9. The Bertz CT molecular complexity index is 697. The van der Waals surface area contributed by atoms with Gasteiger partial charge in [-0.1, -0.05) is 75.2 Å². The lowest BCUT2D eigenvalue weighted by molar-refractivity contribution is -0.161. The first-order chi connectivity index (χ1) is 15.6. The van der Waals surface area contributed by atoms with Crippen LogP contribution in [0.4, 0.5) is 0 Å². The summed E-state index contributed by atoms with van der Waals surface area (Å²) in [5, 5.41) is 8.87. The summed E-state index contributed by atoms with van der Waals surface area (Å²) in [7, 11) is 0. The number of benzene rings is 2. The van der Waals surface area contributed by atoms with Crippen molar-refractivity contribution in [3.05, 3.63) is 70.8 Å². The first-order valence-corrected chi connectivity index (χ1v) is 12.2. The Morgan fingerprint density at radius 1 is 0.719 bits per heavy atom. The number of carbonyl (C=O) groups is 1. The van der Waals surface area contributed by atoms with Crippen LogP contribution >= 0.6 is 0 Å². The Morgan fingerprint density at radius 3 is 1.56 bits per heavy atom. The molecule has 2 aromatic rings. The molecule has 0 aliphatic heterocycles. The third-order valence-corrected chi connectivity index (χ3v) is 5.64. The van der Waals surface area contributed by atoms with Gasteiger partial charge in [-0.2, -0.15) is 0 Å². The van der Waals surface area contributed by atoms with Gasteiger partial charge in [0.25, 0.3) is 0 Å². The number of hydrogen-bond donors (Lipinski definition) is 1. The molecule has 0 spiro atoms. The lowest BCUT2D eigenvalue weighted by Gasteiger charge is -2.19. The summed E-state index contributed by atoms with van der Waals surface area (Å²) in [6.07, 6.45) is 8.99. The molecule has 0 bridgehead atoms. The van der Waals surface area contributed by atoms with E-state index in [9.17, 15) is 4.79 Å². The predicted molar refractivity (Wildman–Crippen MR) is 130 cm³/mol. The Labute approximate surface area is 194 Å². The highest BCUT2D eigenvalue weighted by molar-refractivity contribution is 5.66. The van der Waals surface area contributed by atoms with Crippen molar-refractivity contribution >= 4 is 5.97 Å². The fourth-order valence-electron chi connectivity index (χ4n) is 3.55. The van der Waals surface area contributed by atoms with Crippen LogP contribution in [0.2, 0.25) is 0 Å². The second kappa shape index (κ2) is 15.6. The van der Waals surface area contributed by atoms with Gasteiger partial charge in [0, 0.05) is 6.42 Å². The number of rotatable bonds is 17. The average Bonchev–Trinajstić information content (AvgIpc) is 2.81. The summed E-state index contributed by atoms with van der Waals surface area (Å²) in [5.74, 6) is -0.755. The van der Waals surface area contributed by atoms with Gasteiger partial charge in [0.1, 0.15) is 0 Å². The van der Waals surface area contributed by atoms with E-state index in [1.165, 1.54) is 36.8 Å².